The van der Waals surface area contributed by atoms with Crippen molar-refractivity contribution in [3.63, 3.8) is 0 Å². The highest BCUT2D eigenvalue weighted by Crippen LogP contribution is 2.41. The lowest BCUT2D eigenvalue weighted by atomic mass is 9.93. The molecule has 0 saturated carbocycles. The number of nitrogens with one attached hydrogen (secondary N) is 1. The van der Waals surface area contributed by atoms with Gasteiger partial charge in [-0.05, 0) is 38.3 Å². The van der Waals surface area contributed by atoms with Crippen LogP contribution in [0.4, 0.5) is 5.69 Å². The number of hydrazone groups is 1. The first-order chi connectivity index (χ1) is 17.3. The first-order valence-corrected chi connectivity index (χ1v) is 11.2. The summed E-state index contributed by atoms with van der Waals surface area (Å²) in [6, 6.07) is 7.97. The van der Waals surface area contributed by atoms with Crippen LogP contribution in [0.25, 0.3) is 21.9 Å². The van der Waals surface area contributed by atoms with E-state index in [9.17, 15) is 24.8 Å². The van der Waals surface area contributed by atoms with Gasteiger partial charge in [0.2, 0.25) is 5.75 Å². The van der Waals surface area contributed by atoms with Gasteiger partial charge in [-0.3, -0.25) is 19.7 Å². The SMILES string of the molecule is Cc1nc2ccccc2c(=O)n1OCC(=O)N/N=C\c1c(O)c([N+](=O)[O-])cc2oc3c(c12)CCCC3. The summed E-state index contributed by atoms with van der Waals surface area (Å²) < 4.78 is 6.75. The Hall–Kier alpha value is -4.74. The molecule has 0 radical (unpaired) electrons. The van der Waals surface area contributed by atoms with E-state index in [-0.39, 0.29) is 17.0 Å². The Morgan fingerprint density at radius 3 is 2.94 bits per heavy atom. The fraction of sp³-hybridized carbons (Fsp3) is 0.250. The van der Waals surface area contributed by atoms with E-state index in [1.54, 1.807) is 31.2 Å². The van der Waals surface area contributed by atoms with Gasteiger partial charge in [0.15, 0.2) is 6.61 Å². The second kappa shape index (κ2) is 9.13. The number of para-hydroxylation sites is 1. The van der Waals surface area contributed by atoms with Crippen LogP contribution in [-0.2, 0) is 17.6 Å². The number of carbonyl (C=O) groups is 1. The van der Waals surface area contributed by atoms with E-state index in [1.807, 2.05) is 0 Å². The van der Waals surface area contributed by atoms with Crippen molar-refractivity contribution < 1.29 is 24.1 Å². The van der Waals surface area contributed by atoms with Crippen molar-refractivity contribution in [2.24, 2.45) is 5.10 Å². The van der Waals surface area contributed by atoms with Crippen LogP contribution in [-0.4, -0.2) is 38.5 Å². The third kappa shape index (κ3) is 4.02. The molecular formula is C24H21N5O7. The van der Waals surface area contributed by atoms with Gasteiger partial charge in [0.1, 0.15) is 17.2 Å². The molecule has 12 heteroatoms. The normalized spacial score (nSPS) is 13.2. The quantitative estimate of drug-likeness (QED) is 0.236. The summed E-state index contributed by atoms with van der Waals surface area (Å²) in [5.74, 6) is -0.266. The molecule has 0 fully saturated rings. The van der Waals surface area contributed by atoms with Crippen molar-refractivity contribution in [2.45, 2.75) is 32.6 Å². The molecule has 1 aliphatic carbocycles. The number of aromatic hydroxyl groups is 1. The van der Waals surface area contributed by atoms with Crippen LogP contribution in [0.5, 0.6) is 5.75 Å². The minimum atomic E-state index is -0.711. The van der Waals surface area contributed by atoms with Crippen molar-refractivity contribution in [3.05, 3.63) is 73.5 Å². The number of carbonyl (C=O) groups excluding carboxylic acids is 1. The fourth-order valence-corrected chi connectivity index (χ4v) is 4.40. The highest BCUT2D eigenvalue weighted by atomic mass is 16.7. The molecule has 0 aliphatic heterocycles. The Morgan fingerprint density at radius 2 is 2.14 bits per heavy atom. The predicted molar refractivity (Wildman–Crippen MR) is 129 cm³/mol. The Labute approximate surface area is 202 Å². The number of nitro benzene ring substituents is 1. The van der Waals surface area contributed by atoms with Crippen molar-refractivity contribution in [3.8, 4) is 5.75 Å². The highest BCUT2D eigenvalue weighted by molar-refractivity contribution is 6.05. The number of nitrogens with zero attached hydrogens (tertiary/aromatic N) is 4. The van der Waals surface area contributed by atoms with Gasteiger partial charge in [-0.2, -0.15) is 5.10 Å². The molecule has 0 spiro atoms. The predicted octanol–water partition coefficient (Wildman–Crippen LogP) is 2.52. The number of phenols is 1. The molecule has 0 atom stereocenters. The van der Waals surface area contributed by atoms with Crippen LogP contribution < -0.4 is 15.8 Å². The Balaban J connectivity index is 1.37. The molecule has 2 aromatic heterocycles. The molecule has 36 heavy (non-hydrogen) atoms. The largest absolute Gasteiger partial charge is 0.502 e. The highest BCUT2D eigenvalue weighted by Gasteiger charge is 2.27. The lowest BCUT2D eigenvalue weighted by Crippen LogP contribution is -2.35. The monoisotopic (exact) mass is 491 g/mol. The summed E-state index contributed by atoms with van der Waals surface area (Å²) in [6.07, 6.45) is 4.41. The molecular weight excluding hydrogens is 470 g/mol. The molecule has 184 valence electrons. The van der Waals surface area contributed by atoms with Gasteiger partial charge in [-0.25, -0.2) is 10.4 Å². The van der Waals surface area contributed by atoms with E-state index < -0.39 is 34.4 Å². The third-order valence-electron chi connectivity index (χ3n) is 6.03. The van der Waals surface area contributed by atoms with E-state index in [0.717, 1.165) is 35.1 Å². The summed E-state index contributed by atoms with van der Waals surface area (Å²) in [7, 11) is 0. The molecule has 0 unspecified atom stereocenters. The Morgan fingerprint density at radius 1 is 1.36 bits per heavy atom. The number of fused-ring (bicyclic) bond motifs is 4. The van der Waals surface area contributed by atoms with Gasteiger partial charge in [-0.1, -0.05) is 12.1 Å². The number of furan rings is 1. The number of aromatic nitrogens is 2. The average molecular weight is 491 g/mol. The van der Waals surface area contributed by atoms with Crippen LogP contribution in [0, 0.1) is 17.0 Å². The summed E-state index contributed by atoms with van der Waals surface area (Å²) in [4.78, 5) is 45.3. The summed E-state index contributed by atoms with van der Waals surface area (Å²) in [5.41, 5.74) is 3.01. The summed E-state index contributed by atoms with van der Waals surface area (Å²) in [5, 5.41) is 26.8. The Kier molecular flexibility index (Phi) is 5.84. The minimum Gasteiger partial charge on any atom is -0.502 e. The maximum Gasteiger partial charge on any atom is 0.315 e. The molecule has 2 aromatic carbocycles. The van der Waals surface area contributed by atoms with E-state index in [2.05, 4.69) is 15.5 Å². The smallest absolute Gasteiger partial charge is 0.315 e. The number of hydrogen-bond donors (Lipinski definition) is 2. The number of aryl methyl sites for hydroxylation is 3. The number of amides is 1. The van der Waals surface area contributed by atoms with E-state index in [1.165, 1.54) is 6.07 Å². The molecule has 5 rings (SSSR count). The summed E-state index contributed by atoms with van der Waals surface area (Å²) in [6.45, 7) is 1.03. The van der Waals surface area contributed by atoms with E-state index >= 15 is 0 Å². The zero-order valence-corrected chi connectivity index (χ0v) is 19.2. The number of nitro groups is 1. The van der Waals surface area contributed by atoms with Gasteiger partial charge >= 0.3 is 5.69 Å². The van der Waals surface area contributed by atoms with Crippen LogP contribution in [0.2, 0.25) is 0 Å². The maximum absolute atomic E-state index is 12.6. The zero-order chi connectivity index (χ0) is 25.4. The molecule has 2 N–H and O–H groups in total. The number of phenolic OH excluding ortho intramolecular Hbond substituents is 1. The lowest BCUT2D eigenvalue weighted by molar-refractivity contribution is -0.385. The number of benzene rings is 2. The van der Waals surface area contributed by atoms with Gasteiger partial charge in [0.05, 0.1) is 33.7 Å². The van der Waals surface area contributed by atoms with Gasteiger partial charge in [0, 0.05) is 17.4 Å². The molecule has 0 bridgehead atoms. The summed E-state index contributed by atoms with van der Waals surface area (Å²) >= 11 is 0. The van der Waals surface area contributed by atoms with Gasteiger partial charge in [0.25, 0.3) is 11.5 Å². The number of hydrogen-bond acceptors (Lipinski definition) is 9. The molecule has 1 aliphatic rings. The van der Waals surface area contributed by atoms with Crippen LogP contribution in [0.15, 0.2) is 44.6 Å². The molecule has 1 amide bonds. The van der Waals surface area contributed by atoms with Crippen molar-refractivity contribution >= 4 is 39.7 Å². The molecule has 2 heterocycles. The fourth-order valence-electron chi connectivity index (χ4n) is 4.40. The van der Waals surface area contributed by atoms with Crippen molar-refractivity contribution in [2.75, 3.05) is 6.61 Å². The Bertz CT molecular complexity index is 1620. The van der Waals surface area contributed by atoms with E-state index in [4.69, 9.17) is 9.25 Å². The van der Waals surface area contributed by atoms with E-state index in [0.29, 0.717) is 29.1 Å². The van der Waals surface area contributed by atoms with Crippen molar-refractivity contribution in [1.82, 2.24) is 15.1 Å². The van der Waals surface area contributed by atoms with Gasteiger partial charge < -0.3 is 14.4 Å². The van der Waals surface area contributed by atoms with Crippen LogP contribution in [0.3, 0.4) is 0 Å². The average Bonchev–Trinajstić information content (AvgIpc) is 3.23. The van der Waals surface area contributed by atoms with Gasteiger partial charge in [-0.15, -0.1) is 4.73 Å². The lowest BCUT2D eigenvalue weighted by Gasteiger charge is -2.11. The number of rotatable bonds is 6. The third-order valence-corrected chi connectivity index (χ3v) is 6.03. The first kappa shape index (κ1) is 23.0. The second-order valence-corrected chi connectivity index (χ2v) is 8.34. The molecule has 12 nitrogen and oxygen atoms in total. The molecule has 4 aromatic rings. The first-order valence-electron chi connectivity index (χ1n) is 11.2. The zero-order valence-electron chi connectivity index (χ0n) is 19.2. The minimum absolute atomic E-state index is 0.0816. The topological polar surface area (TPSA) is 162 Å². The maximum atomic E-state index is 12.6. The van der Waals surface area contributed by atoms with Crippen LogP contribution >= 0.6 is 0 Å². The second-order valence-electron chi connectivity index (χ2n) is 8.34. The van der Waals surface area contributed by atoms with Crippen LogP contribution in [0.1, 0.15) is 35.6 Å². The molecule has 0 saturated heterocycles. The van der Waals surface area contributed by atoms with Crippen molar-refractivity contribution in [1.29, 1.82) is 0 Å². The standard InChI is InChI=1S/C24H21N5O7/c1-13-26-17-8-4-2-6-14(17)24(32)28(13)35-12-21(30)27-25-11-16-22-15-7-3-5-9-19(15)36-20(22)10-18(23(16)31)29(33)34/h2,4,6,8,10-11,31H,3,5,7,9,12H2,1H3,(H,27,30)/b25-11-.